The second-order valence-electron chi connectivity index (χ2n) is 4.00. The molecule has 25 heavy (non-hydrogen) atoms. The van der Waals surface area contributed by atoms with Crippen molar-refractivity contribution < 1.29 is 60.6 Å². The monoisotopic (exact) mass is 400 g/mol. The molecule has 8 nitrogen and oxygen atoms in total. The minimum Gasteiger partial charge on any atom is -0.466 e. The molecule has 0 heterocycles. The first-order valence-corrected chi connectivity index (χ1v) is 7.68. The van der Waals surface area contributed by atoms with E-state index < -0.39 is 11.9 Å². The van der Waals surface area contributed by atoms with Crippen molar-refractivity contribution in [2.75, 3.05) is 26.4 Å². The van der Waals surface area contributed by atoms with Crippen molar-refractivity contribution >= 4 is 23.5 Å². The predicted molar refractivity (Wildman–Crippen MR) is 89.4 cm³/mol. The first-order chi connectivity index (χ1) is 11.2. The summed E-state index contributed by atoms with van der Waals surface area (Å²) in [7, 11) is 0. The van der Waals surface area contributed by atoms with Gasteiger partial charge in [0, 0.05) is 34.9 Å². The van der Waals surface area contributed by atoms with Crippen LogP contribution in [0, 0.1) is 0 Å². The molecular formula is C16H32O8Ti. The summed E-state index contributed by atoms with van der Waals surface area (Å²) in [4.78, 5) is 41.3. The Hall–Kier alpha value is -1.09. The Morgan fingerprint density at radius 2 is 0.880 bits per heavy atom. The van der Waals surface area contributed by atoms with E-state index in [1.165, 1.54) is 13.8 Å². The Bertz CT molecular complexity index is 300. The van der Waals surface area contributed by atoms with Crippen LogP contribution in [0.5, 0.6) is 0 Å². The van der Waals surface area contributed by atoms with E-state index in [1.54, 1.807) is 27.7 Å². The van der Waals surface area contributed by atoms with Gasteiger partial charge in [0.15, 0.2) is 0 Å². The van der Waals surface area contributed by atoms with Gasteiger partial charge in [-0.1, -0.05) is 0 Å². The smallest absolute Gasteiger partial charge is 0.313 e. The average molecular weight is 400 g/mol. The molecule has 0 aromatic heterocycles. The van der Waals surface area contributed by atoms with Gasteiger partial charge < -0.3 is 19.7 Å². The van der Waals surface area contributed by atoms with E-state index >= 15 is 0 Å². The van der Waals surface area contributed by atoms with Gasteiger partial charge in [0.25, 0.3) is 0 Å². The van der Waals surface area contributed by atoms with E-state index in [9.17, 15) is 19.2 Å². The first kappa shape index (κ1) is 35.1. The first-order valence-electron chi connectivity index (χ1n) is 7.68. The molecule has 0 aromatic carbocycles. The molecule has 0 aliphatic carbocycles. The van der Waals surface area contributed by atoms with Gasteiger partial charge in [-0.05, 0) is 41.5 Å². The van der Waals surface area contributed by atoms with Gasteiger partial charge in [-0.2, -0.15) is 0 Å². The molecule has 0 radical (unpaired) electrons. The number of aliphatic hydroxyl groups excluding tert-OH is 2. The number of aliphatic hydroxyl groups is 2. The van der Waals surface area contributed by atoms with Crippen molar-refractivity contribution in [1.82, 2.24) is 0 Å². The van der Waals surface area contributed by atoms with E-state index in [1.807, 2.05) is 0 Å². The fourth-order valence-corrected chi connectivity index (χ4v) is 0.831. The number of hydrogen-bond acceptors (Lipinski definition) is 8. The van der Waals surface area contributed by atoms with Crippen molar-refractivity contribution in [3.05, 3.63) is 0 Å². The second-order valence-corrected chi connectivity index (χ2v) is 4.00. The standard InChI is InChI=1S/2C6H10O3.2C2H6O.Ti/c2*1-3-9-6(8)4-5(2)7;2*1-2-3;/h2*3-4H2,1-2H3;2*3H,2H2,1H3;. The summed E-state index contributed by atoms with van der Waals surface area (Å²) in [5.74, 6) is -1.20. The van der Waals surface area contributed by atoms with Crippen molar-refractivity contribution in [2.45, 2.75) is 54.4 Å². The number of Topliss-reactive ketones (excluding diaryl/α,β-unsaturated/α-hetero) is 2. The van der Waals surface area contributed by atoms with Gasteiger partial charge in [-0.15, -0.1) is 0 Å². The van der Waals surface area contributed by atoms with E-state index in [0.29, 0.717) is 13.2 Å². The quantitative estimate of drug-likeness (QED) is 0.385. The molecular weight excluding hydrogens is 368 g/mol. The van der Waals surface area contributed by atoms with Gasteiger partial charge >= 0.3 is 11.9 Å². The number of rotatable bonds is 6. The molecule has 9 heteroatoms. The number of ether oxygens (including phenoxy) is 2. The average Bonchev–Trinajstić information content (AvgIpc) is 2.39. The van der Waals surface area contributed by atoms with Crippen molar-refractivity contribution in [3.8, 4) is 0 Å². The van der Waals surface area contributed by atoms with Gasteiger partial charge in [0.2, 0.25) is 0 Å². The summed E-state index contributed by atoms with van der Waals surface area (Å²) >= 11 is 0. The van der Waals surface area contributed by atoms with Crippen molar-refractivity contribution in [1.29, 1.82) is 0 Å². The molecule has 0 aliphatic heterocycles. The molecule has 0 saturated heterocycles. The molecule has 0 spiro atoms. The van der Waals surface area contributed by atoms with Crippen molar-refractivity contribution in [3.63, 3.8) is 0 Å². The molecule has 0 aromatic rings. The molecule has 2 N–H and O–H groups in total. The number of ketones is 2. The predicted octanol–water partition coefficient (Wildman–Crippen LogP) is 1.05. The Kier molecular flexibility index (Phi) is 43.2. The molecule has 0 saturated carbocycles. The fourth-order valence-electron chi connectivity index (χ4n) is 0.831. The number of carbonyl (C=O) groups is 4. The second kappa shape index (κ2) is 30.8. The van der Waals surface area contributed by atoms with E-state index in [4.69, 9.17) is 10.2 Å². The molecule has 148 valence electrons. The summed E-state index contributed by atoms with van der Waals surface area (Å²) in [6.07, 6.45) is -0.207. The van der Waals surface area contributed by atoms with Gasteiger partial charge in [0.05, 0.1) is 13.2 Å². The van der Waals surface area contributed by atoms with E-state index in [2.05, 4.69) is 9.47 Å². The fraction of sp³-hybridized carbons (Fsp3) is 0.750. The third-order valence-corrected chi connectivity index (χ3v) is 1.40. The molecule has 0 fully saturated rings. The van der Waals surface area contributed by atoms with Gasteiger partial charge in [-0.25, -0.2) is 0 Å². The summed E-state index contributed by atoms with van der Waals surface area (Å²) in [6, 6.07) is 0. The van der Waals surface area contributed by atoms with Crippen LogP contribution < -0.4 is 0 Å². The number of carbonyl (C=O) groups excluding carboxylic acids is 4. The normalized spacial score (nSPS) is 7.68. The Morgan fingerprint density at radius 3 is 1.00 bits per heavy atom. The van der Waals surface area contributed by atoms with Crippen LogP contribution in [0.1, 0.15) is 54.4 Å². The van der Waals surface area contributed by atoms with Crippen LogP contribution >= 0.6 is 0 Å². The molecule has 0 unspecified atom stereocenters. The number of esters is 2. The van der Waals surface area contributed by atoms with Crippen LogP contribution in [0.2, 0.25) is 0 Å². The maximum Gasteiger partial charge on any atom is 0.313 e. The maximum atomic E-state index is 10.4. The molecule has 0 bridgehead atoms. The van der Waals surface area contributed by atoms with Crippen LogP contribution in [0.25, 0.3) is 0 Å². The zero-order valence-electron chi connectivity index (χ0n) is 16.1. The summed E-state index contributed by atoms with van der Waals surface area (Å²) < 4.78 is 8.99. The topological polar surface area (TPSA) is 127 Å². The zero-order valence-corrected chi connectivity index (χ0v) is 17.6. The van der Waals surface area contributed by atoms with Crippen LogP contribution in [0.4, 0.5) is 0 Å². The summed E-state index contributed by atoms with van der Waals surface area (Å²) in [5, 5.41) is 15.1. The third kappa shape index (κ3) is 60.1. The van der Waals surface area contributed by atoms with E-state index in [-0.39, 0.29) is 59.3 Å². The summed E-state index contributed by atoms with van der Waals surface area (Å²) in [5.41, 5.74) is 0. The Balaban J connectivity index is -0.0000000788. The Labute approximate surface area is 165 Å². The molecule has 0 amide bonds. The third-order valence-electron chi connectivity index (χ3n) is 1.40. The number of hydrogen-bond donors (Lipinski definition) is 2. The van der Waals surface area contributed by atoms with Crippen LogP contribution in [-0.4, -0.2) is 60.1 Å². The zero-order chi connectivity index (χ0) is 20.0. The van der Waals surface area contributed by atoms with E-state index in [0.717, 1.165) is 0 Å². The minimum atomic E-state index is -0.440. The molecule has 0 aliphatic rings. The summed E-state index contributed by atoms with van der Waals surface area (Å²) in [6.45, 7) is 10.7. The minimum absolute atomic E-state index is 0. The van der Waals surface area contributed by atoms with Crippen LogP contribution in [0.15, 0.2) is 0 Å². The van der Waals surface area contributed by atoms with Crippen molar-refractivity contribution in [2.24, 2.45) is 0 Å². The SMILES string of the molecule is CCO.CCO.CCOC(=O)CC(C)=O.CCOC(=O)CC(C)=O.[Ti]. The largest absolute Gasteiger partial charge is 0.466 e. The van der Waals surface area contributed by atoms with Gasteiger partial charge in [0.1, 0.15) is 24.4 Å². The van der Waals surface area contributed by atoms with Gasteiger partial charge in [-0.3, -0.25) is 19.2 Å². The molecule has 0 atom stereocenters. The van der Waals surface area contributed by atoms with Crippen LogP contribution in [-0.2, 0) is 50.4 Å². The maximum absolute atomic E-state index is 10.4. The molecule has 0 rings (SSSR count). The Morgan fingerprint density at radius 1 is 0.680 bits per heavy atom. The van der Waals surface area contributed by atoms with Crippen LogP contribution in [0.3, 0.4) is 0 Å².